The van der Waals surface area contributed by atoms with Gasteiger partial charge in [-0.05, 0) is 54.8 Å². The number of ether oxygens (including phenoxy) is 1. The van der Waals surface area contributed by atoms with Crippen molar-refractivity contribution in [3.05, 3.63) is 59.2 Å². The van der Waals surface area contributed by atoms with Crippen LogP contribution in [0.25, 0.3) is 0 Å². The SMILES string of the molecule is CSc1ccccc1NC(=O)COC(=O)CCC(=O)c1ccc2c(c1)CCC2. The zero-order chi connectivity index (χ0) is 19.9. The minimum Gasteiger partial charge on any atom is -0.456 e. The molecule has 1 N–H and O–H groups in total. The maximum atomic E-state index is 12.3. The molecule has 0 aliphatic heterocycles. The third-order valence-corrected chi connectivity index (χ3v) is 5.52. The molecule has 0 spiro atoms. The Morgan fingerprint density at radius 1 is 1.04 bits per heavy atom. The second kappa shape index (κ2) is 9.55. The van der Waals surface area contributed by atoms with Crippen LogP contribution in [0.15, 0.2) is 47.4 Å². The van der Waals surface area contributed by atoms with Gasteiger partial charge in [-0.15, -0.1) is 11.8 Å². The van der Waals surface area contributed by atoms with Crippen molar-refractivity contribution in [3.63, 3.8) is 0 Å². The smallest absolute Gasteiger partial charge is 0.306 e. The number of aryl methyl sites for hydroxylation is 2. The van der Waals surface area contributed by atoms with Crippen molar-refractivity contribution in [1.82, 2.24) is 0 Å². The monoisotopic (exact) mass is 397 g/mol. The van der Waals surface area contributed by atoms with E-state index in [1.165, 1.54) is 22.9 Å². The summed E-state index contributed by atoms with van der Waals surface area (Å²) in [5, 5.41) is 2.73. The van der Waals surface area contributed by atoms with E-state index in [2.05, 4.69) is 5.32 Å². The van der Waals surface area contributed by atoms with Gasteiger partial charge in [-0.1, -0.05) is 24.3 Å². The van der Waals surface area contributed by atoms with Crippen molar-refractivity contribution in [1.29, 1.82) is 0 Å². The summed E-state index contributed by atoms with van der Waals surface area (Å²) in [7, 11) is 0. The van der Waals surface area contributed by atoms with Gasteiger partial charge in [0.25, 0.3) is 5.91 Å². The highest BCUT2D eigenvalue weighted by atomic mass is 32.2. The number of ketones is 1. The number of carbonyl (C=O) groups is 3. The fraction of sp³-hybridized carbons (Fsp3) is 0.318. The van der Waals surface area contributed by atoms with E-state index >= 15 is 0 Å². The molecule has 0 saturated heterocycles. The number of fused-ring (bicyclic) bond motifs is 1. The van der Waals surface area contributed by atoms with Gasteiger partial charge in [0.05, 0.1) is 12.1 Å². The summed E-state index contributed by atoms with van der Waals surface area (Å²) in [4.78, 5) is 37.1. The van der Waals surface area contributed by atoms with Crippen LogP contribution in [-0.4, -0.2) is 30.5 Å². The Bertz CT molecular complexity index is 894. The Hall–Kier alpha value is -2.60. The number of anilines is 1. The van der Waals surface area contributed by atoms with E-state index < -0.39 is 11.9 Å². The summed E-state index contributed by atoms with van der Waals surface area (Å²) in [6, 6.07) is 13.2. The van der Waals surface area contributed by atoms with Gasteiger partial charge in [-0.2, -0.15) is 0 Å². The molecule has 6 heteroatoms. The molecule has 0 atom stereocenters. The standard InChI is InChI=1S/C22H23NO4S/c1-28-20-8-3-2-7-18(20)23-21(25)14-27-22(26)12-11-19(24)17-10-9-15-5-4-6-16(15)13-17/h2-3,7-10,13H,4-6,11-12,14H2,1H3,(H,23,25). The summed E-state index contributed by atoms with van der Waals surface area (Å²) in [5.41, 5.74) is 3.86. The van der Waals surface area contributed by atoms with Gasteiger partial charge in [-0.3, -0.25) is 14.4 Å². The minimum absolute atomic E-state index is 0.0371. The van der Waals surface area contributed by atoms with Crippen LogP contribution in [0.5, 0.6) is 0 Å². The Morgan fingerprint density at radius 2 is 1.82 bits per heavy atom. The molecular weight excluding hydrogens is 374 g/mol. The first-order valence-electron chi connectivity index (χ1n) is 9.30. The van der Waals surface area contributed by atoms with Crippen LogP contribution in [0.4, 0.5) is 5.69 Å². The third kappa shape index (κ3) is 5.23. The van der Waals surface area contributed by atoms with Crippen LogP contribution in [0, 0.1) is 0 Å². The van der Waals surface area contributed by atoms with Crippen molar-refractivity contribution in [2.75, 3.05) is 18.2 Å². The molecule has 2 aromatic rings. The molecule has 0 heterocycles. The lowest BCUT2D eigenvalue weighted by Gasteiger charge is -2.09. The Balaban J connectivity index is 1.43. The third-order valence-electron chi connectivity index (χ3n) is 4.72. The van der Waals surface area contributed by atoms with Gasteiger partial charge in [0.2, 0.25) is 0 Å². The number of hydrogen-bond donors (Lipinski definition) is 1. The second-order valence-electron chi connectivity index (χ2n) is 6.67. The Morgan fingerprint density at radius 3 is 2.64 bits per heavy atom. The maximum Gasteiger partial charge on any atom is 0.306 e. The van der Waals surface area contributed by atoms with Gasteiger partial charge >= 0.3 is 5.97 Å². The van der Waals surface area contributed by atoms with E-state index in [1.807, 2.05) is 42.7 Å². The molecule has 1 aliphatic rings. The zero-order valence-electron chi connectivity index (χ0n) is 15.8. The first-order valence-corrected chi connectivity index (χ1v) is 10.5. The Kier molecular flexibility index (Phi) is 6.87. The molecule has 2 aromatic carbocycles. The summed E-state index contributed by atoms with van der Waals surface area (Å²) in [6.07, 6.45) is 5.16. The molecule has 0 fully saturated rings. The number of hydrogen-bond acceptors (Lipinski definition) is 5. The van der Waals surface area contributed by atoms with Crippen LogP contribution in [0.2, 0.25) is 0 Å². The lowest BCUT2D eigenvalue weighted by atomic mass is 10.0. The van der Waals surface area contributed by atoms with Crippen LogP contribution in [0.1, 0.15) is 40.7 Å². The minimum atomic E-state index is -0.553. The van der Waals surface area contributed by atoms with Crippen LogP contribution < -0.4 is 5.32 Å². The first-order chi connectivity index (χ1) is 13.6. The normalized spacial score (nSPS) is 12.3. The van der Waals surface area contributed by atoms with E-state index in [0.717, 1.165) is 24.2 Å². The molecule has 1 amide bonds. The number of carbonyl (C=O) groups excluding carboxylic acids is 3. The number of para-hydroxylation sites is 1. The van der Waals surface area contributed by atoms with Gasteiger partial charge in [0.15, 0.2) is 12.4 Å². The van der Waals surface area contributed by atoms with Gasteiger partial charge < -0.3 is 10.1 Å². The predicted molar refractivity (Wildman–Crippen MR) is 110 cm³/mol. The number of benzene rings is 2. The highest BCUT2D eigenvalue weighted by Gasteiger charge is 2.16. The number of amides is 1. The highest BCUT2D eigenvalue weighted by molar-refractivity contribution is 7.98. The van der Waals surface area contributed by atoms with Crippen LogP contribution in [-0.2, 0) is 27.2 Å². The summed E-state index contributed by atoms with van der Waals surface area (Å²) < 4.78 is 5.00. The van der Waals surface area contributed by atoms with Crippen molar-refractivity contribution in [3.8, 4) is 0 Å². The fourth-order valence-corrected chi connectivity index (χ4v) is 3.81. The zero-order valence-corrected chi connectivity index (χ0v) is 16.6. The van der Waals surface area contributed by atoms with E-state index in [1.54, 1.807) is 6.07 Å². The number of rotatable bonds is 8. The van der Waals surface area contributed by atoms with Crippen molar-refractivity contribution >= 4 is 35.1 Å². The summed E-state index contributed by atoms with van der Waals surface area (Å²) in [5.74, 6) is -1.03. The molecule has 1 aliphatic carbocycles. The second-order valence-corrected chi connectivity index (χ2v) is 7.52. The Labute approximate surface area is 168 Å². The van der Waals surface area contributed by atoms with E-state index in [0.29, 0.717) is 11.3 Å². The number of nitrogens with one attached hydrogen (secondary N) is 1. The van der Waals surface area contributed by atoms with E-state index in [-0.39, 0.29) is 25.2 Å². The van der Waals surface area contributed by atoms with E-state index in [4.69, 9.17) is 4.74 Å². The van der Waals surface area contributed by atoms with Crippen LogP contribution >= 0.6 is 11.8 Å². The molecule has 0 bridgehead atoms. The average molecular weight is 397 g/mol. The van der Waals surface area contributed by atoms with Gasteiger partial charge in [0.1, 0.15) is 0 Å². The number of esters is 1. The van der Waals surface area contributed by atoms with Crippen LogP contribution in [0.3, 0.4) is 0 Å². The lowest BCUT2D eigenvalue weighted by Crippen LogP contribution is -2.21. The molecule has 0 saturated carbocycles. The van der Waals surface area contributed by atoms with Gasteiger partial charge in [-0.25, -0.2) is 0 Å². The maximum absolute atomic E-state index is 12.3. The summed E-state index contributed by atoms with van der Waals surface area (Å²) in [6.45, 7) is -0.366. The predicted octanol–water partition coefficient (Wildman–Crippen LogP) is 4.04. The molecule has 146 valence electrons. The first kappa shape index (κ1) is 20.1. The largest absolute Gasteiger partial charge is 0.456 e. The van der Waals surface area contributed by atoms with E-state index in [9.17, 15) is 14.4 Å². The molecule has 0 aromatic heterocycles. The van der Waals surface area contributed by atoms with Crippen molar-refractivity contribution < 1.29 is 19.1 Å². The average Bonchev–Trinajstić information content (AvgIpc) is 3.18. The molecule has 28 heavy (non-hydrogen) atoms. The topological polar surface area (TPSA) is 72.5 Å². The molecule has 0 unspecified atom stereocenters. The number of Topliss-reactive ketones (excluding diaryl/α,β-unsaturated/α-hetero) is 1. The summed E-state index contributed by atoms with van der Waals surface area (Å²) >= 11 is 1.52. The molecular formula is C22H23NO4S. The number of thioether (sulfide) groups is 1. The molecule has 0 radical (unpaired) electrons. The quantitative estimate of drug-likeness (QED) is 0.413. The highest BCUT2D eigenvalue weighted by Crippen LogP contribution is 2.25. The van der Waals surface area contributed by atoms with Crippen molar-refractivity contribution in [2.24, 2.45) is 0 Å². The van der Waals surface area contributed by atoms with Crippen molar-refractivity contribution in [2.45, 2.75) is 37.0 Å². The molecule has 3 rings (SSSR count). The fourth-order valence-electron chi connectivity index (χ4n) is 3.26. The van der Waals surface area contributed by atoms with Gasteiger partial charge in [0, 0.05) is 16.9 Å². The lowest BCUT2D eigenvalue weighted by molar-refractivity contribution is -0.147. The molecule has 5 nitrogen and oxygen atoms in total.